The molecule has 160 valence electrons. The molecule has 0 atom stereocenters. The molecular formula is C22H27ClFN5O. The second kappa shape index (κ2) is 9.62. The van der Waals surface area contributed by atoms with Gasteiger partial charge in [-0.05, 0) is 36.4 Å². The number of amides is 1. The fourth-order valence-corrected chi connectivity index (χ4v) is 4.15. The van der Waals surface area contributed by atoms with Crippen LogP contribution in [0.5, 0.6) is 0 Å². The van der Waals surface area contributed by atoms with Crippen LogP contribution in [0.2, 0.25) is 5.02 Å². The summed E-state index contributed by atoms with van der Waals surface area (Å²) in [4.78, 5) is 25.8. The van der Waals surface area contributed by atoms with Crippen LogP contribution < -0.4 is 9.80 Å². The van der Waals surface area contributed by atoms with Gasteiger partial charge in [0.2, 0.25) is 5.91 Å². The molecule has 0 saturated carbocycles. The highest BCUT2D eigenvalue weighted by Crippen LogP contribution is 2.18. The van der Waals surface area contributed by atoms with Crippen molar-refractivity contribution in [2.24, 2.45) is 0 Å². The normalized spacial score (nSPS) is 18.0. The number of pyridine rings is 1. The summed E-state index contributed by atoms with van der Waals surface area (Å²) in [6, 6.07) is 10.4. The SMILES string of the molecule is O=C(CCN1CCN(c2ccc(Cl)cn2)CC1)N1CCN(c2ccc(F)cc2)CC1. The quantitative estimate of drug-likeness (QED) is 0.728. The lowest BCUT2D eigenvalue weighted by molar-refractivity contribution is -0.131. The molecule has 0 N–H and O–H groups in total. The van der Waals surface area contributed by atoms with Gasteiger partial charge in [-0.15, -0.1) is 0 Å². The first-order valence-electron chi connectivity index (χ1n) is 10.5. The van der Waals surface area contributed by atoms with Gasteiger partial charge in [-0.2, -0.15) is 0 Å². The predicted octanol–water partition coefficient (Wildman–Crippen LogP) is 2.74. The standard InChI is InChI=1S/C22H27ClFN5O/c23-18-1-6-21(25-17-18)28-11-9-26(10-12-28)8-7-22(30)29-15-13-27(14-16-29)20-4-2-19(24)3-5-20/h1-6,17H,7-16H2. The summed E-state index contributed by atoms with van der Waals surface area (Å²) >= 11 is 5.91. The third-order valence-electron chi connectivity index (χ3n) is 5.87. The fourth-order valence-electron chi connectivity index (χ4n) is 4.03. The van der Waals surface area contributed by atoms with E-state index in [-0.39, 0.29) is 11.7 Å². The molecule has 2 aliphatic rings. The van der Waals surface area contributed by atoms with Gasteiger partial charge in [0.05, 0.1) is 5.02 Å². The Morgan fingerprint density at radius 1 is 0.900 bits per heavy atom. The maximum absolute atomic E-state index is 13.1. The molecule has 0 unspecified atom stereocenters. The van der Waals surface area contributed by atoms with Crippen molar-refractivity contribution in [2.75, 3.05) is 68.7 Å². The molecule has 0 radical (unpaired) electrons. The van der Waals surface area contributed by atoms with Crippen LogP contribution in [0.3, 0.4) is 0 Å². The van der Waals surface area contributed by atoms with Gasteiger partial charge in [0.25, 0.3) is 0 Å². The van der Waals surface area contributed by atoms with Crippen LogP contribution >= 0.6 is 11.6 Å². The van der Waals surface area contributed by atoms with E-state index in [9.17, 15) is 9.18 Å². The summed E-state index contributed by atoms with van der Waals surface area (Å²) in [6.07, 6.45) is 2.23. The highest BCUT2D eigenvalue weighted by Gasteiger charge is 2.23. The van der Waals surface area contributed by atoms with E-state index in [2.05, 4.69) is 19.7 Å². The lowest BCUT2D eigenvalue weighted by Gasteiger charge is -2.37. The van der Waals surface area contributed by atoms with E-state index < -0.39 is 0 Å². The molecule has 2 fully saturated rings. The van der Waals surface area contributed by atoms with Crippen LogP contribution in [0.25, 0.3) is 0 Å². The largest absolute Gasteiger partial charge is 0.368 e. The van der Waals surface area contributed by atoms with Crippen molar-refractivity contribution in [3.05, 3.63) is 53.4 Å². The molecule has 3 heterocycles. The van der Waals surface area contributed by atoms with Gasteiger partial charge >= 0.3 is 0 Å². The summed E-state index contributed by atoms with van der Waals surface area (Å²) in [5, 5.41) is 0.648. The Morgan fingerprint density at radius 2 is 1.57 bits per heavy atom. The molecule has 1 aromatic heterocycles. The second-order valence-electron chi connectivity index (χ2n) is 7.76. The summed E-state index contributed by atoms with van der Waals surface area (Å²) in [5.41, 5.74) is 1.01. The fraction of sp³-hybridized carbons (Fsp3) is 0.455. The van der Waals surface area contributed by atoms with Gasteiger partial charge in [-0.25, -0.2) is 9.37 Å². The zero-order chi connectivity index (χ0) is 20.9. The number of hydrogen-bond donors (Lipinski definition) is 0. The minimum atomic E-state index is -0.224. The molecule has 0 bridgehead atoms. The topological polar surface area (TPSA) is 42.9 Å². The molecule has 1 amide bonds. The third-order valence-corrected chi connectivity index (χ3v) is 6.10. The molecule has 0 spiro atoms. The van der Waals surface area contributed by atoms with Crippen molar-refractivity contribution in [2.45, 2.75) is 6.42 Å². The number of piperazine rings is 2. The van der Waals surface area contributed by atoms with Gasteiger partial charge in [0, 0.05) is 77.2 Å². The Bertz CT molecular complexity index is 832. The van der Waals surface area contributed by atoms with E-state index in [1.54, 1.807) is 18.3 Å². The second-order valence-corrected chi connectivity index (χ2v) is 8.19. The molecule has 2 saturated heterocycles. The number of nitrogens with zero attached hydrogens (tertiary/aromatic N) is 5. The maximum atomic E-state index is 13.1. The summed E-state index contributed by atoms with van der Waals surface area (Å²) < 4.78 is 13.1. The van der Waals surface area contributed by atoms with Crippen molar-refractivity contribution in [3.8, 4) is 0 Å². The van der Waals surface area contributed by atoms with E-state index in [1.165, 1.54) is 12.1 Å². The number of rotatable bonds is 5. The number of carbonyl (C=O) groups is 1. The summed E-state index contributed by atoms with van der Waals surface area (Å²) in [5.74, 6) is 0.947. The predicted molar refractivity (Wildman–Crippen MR) is 118 cm³/mol. The van der Waals surface area contributed by atoms with E-state index in [0.717, 1.165) is 57.3 Å². The van der Waals surface area contributed by atoms with Gasteiger partial charge in [-0.3, -0.25) is 9.69 Å². The van der Waals surface area contributed by atoms with Crippen molar-refractivity contribution >= 4 is 29.0 Å². The zero-order valence-electron chi connectivity index (χ0n) is 17.0. The molecule has 30 heavy (non-hydrogen) atoms. The molecule has 1 aromatic carbocycles. The van der Waals surface area contributed by atoms with Crippen LogP contribution in [-0.4, -0.2) is 79.6 Å². The monoisotopic (exact) mass is 431 g/mol. The lowest BCUT2D eigenvalue weighted by atomic mass is 10.2. The minimum Gasteiger partial charge on any atom is -0.368 e. The highest BCUT2D eigenvalue weighted by atomic mass is 35.5. The zero-order valence-corrected chi connectivity index (χ0v) is 17.8. The van der Waals surface area contributed by atoms with Gasteiger partial charge in [0.1, 0.15) is 11.6 Å². The van der Waals surface area contributed by atoms with E-state index in [4.69, 9.17) is 11.6 Å². The van der Waals surface area contributed by atoms with Crippen LogP contribution in [0.15, 0.2) is 42.6 Å². The first-order valence-corrected chi connectivity index (χ1v) is 10.8. The Morgan fingerprint density at radius 3 is 2.20 bits per heavy atom. The van der Waals surface area contributed by atoms with Crippen molar-refractivity contribution in [1.29, 1.82) is 0 Å². The summed E-state index contributed by atoms with van der Waals surface area (Å²) in [7, 11) is 0. The number of carbonyl (C=O) groups excluding carboxylic acids is 1. The number of aromatic nitrogens is 1. The van der Waals surface area contributed by atoms with Gasteiger partial charge < -0.3 is 14.7 Å². The van der Waals surface area contributed by atoms with Gasteiger partial charge in [0.15, 0.2) is 0 Å². The molecule has 4 rings (SSSR count). The lowest BCUT2D eigenvalue weighted by Crippen LogP contribution is -2.50. The van der Waals surface area contributed by atoms with E-state index in [0.29, 0.717) is 24.5 Å². The molecule has 8 heteroatoms. The average Bonchev–Trinajstić information content (AvgIpc) is 2.79. The van der Waals surface area contributed by atoms with Crippen LogP contribution in [0, 0.1) is 5.82 Å². The van der Waals surface area contributed by atoms with Crippen molar-refractivity contribution in [3.63, 3.8) is 0 Å². The number of anilines is 2. The smallest absolute Gasteiger partial charge is 0.223 e. The molecule has 2 aromatic rings. The first-order chi connectivity index (χ1) is 14.6. The van der Waals surface area contributed by atoms with E-state index in [1.807, 2.05) is 17.0 Å². The summed E-state index contributed by atoms with van der Waals surface area (Å²) in [6.45, 7) is 7.44. The van der Waals surface area contributed by atoms with Gasteiger partial charge in [-0.1, -0.05) is 11.6 Å². The van der Waals surface area contributed by atoms with E-state index >= 15 is 0 Å². The molecule has 6 nitrogen and oxygen atoms in total. The minimum absolute atomic E-state index is 0.218. The Labute approximate surface area is 181 Å². The Kier molecular flexibility index (Phi) is 6.69. The van der Waals surface area contributed by atoms with Crippen LogP contribution in [0.4, 0.5) is 15.9 Å². The average molecular weight is 432 g/mol. The Balaban J connectivity index is 1.18. The number of benzene rings is 1. The number of hydrogen-bond acceptors (Lipinski definition) is 5. The highest BCUT2D eigenvalue weighted by molar-refractivity contribution is 6.30. The van der Waals surface area contributed by atoms with Crippen LogP contribution in [-0.2, 0) is 4.79 Å². The maximum Gasteiger partial charge on any atom is 0.223 e. The third kappa shape index (κ3) is 5.21. The van der Waals surface area contributed by atoms with Crippen LogP contribution in [0.1, 0.15) is 6.42 Å². The molecule has 0 aliphatic carbocycles. The van der Waals surface area contributed by atoms with Crippen molar-refractivity contribution in [1.82, 2.24) is 14.8 Å². The Hall–Kier alpha value is -2.38. The molecular weight excluding hydrogens is 405 g/mol. The number of halogens is 2. The molecule has 2 aliphatic heterocycles. The first kappa shape index (κ1) is 20.9. The van der Waals surface area contributed by atoms with Crippen molar-refractivity contribution < 1.29 is 9.18 Å².